The average molecular weight is 314 g/mol. The molecule has 5 heteroatoms. The molecule has 1 amide bonds. The summed E-state index contributed by atoms with van der Waals surface area (Å²) in [4.78, 5) is 22.3. The van der Waals surface area contributed by atoms with Gasteiger partial charge in [0.1, 0.15) is 0 Å². The molecule has 18 heavy (non-hydrogen) atoms. The Balaban J connectivity index is 2.59. The standard InChI is InChI=1S/C13H16BrNO3/c1-8-7-10(4-5-11(8)14)13(18)15-9(2)3-6-12(16)17/h4-5,7,9H,3,6H2,1-2H3,(H,15,18)(H,16,17). The Morgan fingerprint density at radius 3 is 2.67 bits per heavy atom. The van der Waals surface area contributed by atoms with Gasteiger partial charge in [0.05, 0.1) is 0 Å². The Morgan fingerprint density at radius 1 is 1.44 bits per heavy atom. The molecule has 1 aromatic carbocycles. The van der Waals surface area contributed by atoms with Crippen molar-refractivity contribution in [2.24, 2.45) is 0 Å². The van der Waals surface area contributed by atoms with Crippen LogP contribution in [0, 0.1) is 6.92 Å². The maximum absolute atomic E-state index is 11.9. The van der Waals surface area contributed by atoms with Crippen molar-refractivity contribution < 1.29 is 14.7 Å². The fraction of sp³-hybridized carbons (Fsp3) is 0.385. The van der Waals surface area contributed by atoms with Gasteiger partial charge in [-0.2, -0.15) is 0 Å². The number of aryl methyl sites for hydroxylation is 1. The third-order valence-electron chi connectivity index (χ3n) is 2.59. The van der Waals surface area contributed by atoms with Crippen LogP contribution < -0.4 is 5.32 Å². The van der Waals surface area contributed by atoms with Crippen molar-refractivity contribution in [2.75, 3.05) is 0 Å². The Bertz CT molecular complexity index is 460. The molecule has 0 aromatic heterocycles. The number of hydrogen-bond donors (Lipinski definition) is 2. The summed E-state index contributed by atoms with van der Waals surface area (Å²) in [7, 11) is 0. The lowest BCUT2D eigenvalue weighted by atomic mass is 10.1. The Labute approximate surface area is 115 Å². The fourth-order valence-electron chi connectivity index (χ4n) is 1.51. The molecule has 1 rings (SSSR count). The van der Waals surface area contributed by atoms with E-state index in [1.165, 1.54) is 0 Å². The quantitative estimate of drug-likeness (QED) is 0.878. The first-order chi connectivity index (χ1) is 8.40. The zero-order valence-corrected chi connectivity index (χ0v) is 12.0. The minimum Gasteiger partial charge on any atom is -0.481 e. The smallest absolute Gasteiger partial charge is 0.303 e. The molecule has 4 nitrogen and oxygen atoms in total. The molecule has 0 aliphatic rings. The summed E-state index contributed by atoms with van der Waals surface area (Å²) < 4.78 is 0.956. The lowest BCUT2D eigenvalue weighted by Crippen LogP contribution is -2.32. The highest BCUT2D eigenvalue weighted by atomic mass is 79.9. The van der Waals surface area contributed by atoms with Gasteiger partial charge in [-0.05, 0) is 44.0 Å². The minimum absolute atomic E-state index is 0.0564. The number of benzene rings is 1. The van der Waals surface area contributed by atoms with Crippen molar-refractivity contribution >= 4 is 27.8 Å². The van der Waals surface area contributed by atoms with Gasteiger partial charge in [0.15, 0.2) is 0 Å². The van der Waals surface area contributed by atoms with Crippen LogP contribution in [0.1, 0.15) is 35.7 Å². The van der Waals surface area contributed by atoms with Gasteiger partial charge in [-0.3, -0.25) is 9.59 Å². The minimum atomic E-state index is -0.851. The Hall–Kier alpha value is -1.36. The monoisotopic (exact) mass is 313 g/mol. The molecule has 1 aromatic rings. The molecule has 0 fully saturated rings. The number of nitrogens with one attached hydrogen (secondary N) is 1. The van der Waals surface area contributed by atoms with Crippen LogP contribution in [0.5, 0.6) is 0 Å². The van der Waals surface area contributed by atoms with Crippen molar-refractivity contribution in [3.8, 4) is 0 Å². The lowest BCUT2D eigenvalue weighted by Gasteiger charge is -2.13. The van der Waals surface area contributed by atoms with Crippen molar-refractivity contribution in [3.63, 3.8) is 0 Å². The second kappa shape index (κ2) is 6.54. The first kappa shape index (κ1) is 14.7. The van der Waals surface area contributed by atoms with Crippen molar-refractivity contribution in [3.05, 3.63) is 33.8 Å². The van der Waals surface area contributed by atoms with Gasteiger partial charge in [-0.1, -0.05) is 15.9 Å². The molecule has 0 saturated heterocycles. The summed E-state index contributed by atoms with van der Waals surface area (Å²) in [6.45, 7) is 3.71. The largest absolute Gasteiger partial charge is 0.481 e. The first-order valence-electron chi connectivity index (χ1n) is 5.69. The summed E-state index contributed by atoms with van der Waals surface area (Å²) in [6, 6.07) is 5.20. The van der Waals surface area contributed by atoms with Crippen LogP contribution in [0.4, 0.5) is 0 Å². The molecule has 0 radical (unpaired) electrons. The molecule has 1 unspecified atom stereocenters. The Kier molecular flexibility index (Phi) is 5.34. The van der Waals surface area contributed by atoms with E-state index in [2.05, 4.69) is 21.2 Å². The number of carbonyl (C=O) groups is 2. The highest BCUT2D eigenvalue weighted by Crippen LogP contribution is 2.17. The lowest BCUT2D eigenvalue weighted by molar-refractivity contribution is -0.137. The summed E-state index contributed by atoms with van der Waals surface area (Å²) in [6.07, 6.45) is 0.484. The van der Waals surface area contributed by atoms with Crippen LogP contribution >= 0.6 is 15.9 Å². The molecule has 2 N–H and O–H groups in total. The number of carboxylic acid groups (broad SMARTS) is 1. The number of carboxylic acids is 1. The van der Waals surface area contributed by atoms with E-state index in [0.717, 1.165) is 10.0 Å². The molecular formula is C13H16BrNO3. The number of amides is 1. The highest BCUT2D eigenvalue weighted by molar-refractivity contribution is 9.10. The summed E-state index contributed by atoms with van der Waals surface area (Å²) in [5.74, 6) is -1.03. The van der Waals surface area contributed by atoms with E-state index in [1.54, 1.807) is 19.1 Å². The van der Waals surface area contributed by atoms with Gasteiger partial charge < -0.3 is 10.4 Å². The van der Waals surface area contributed by atoms with Gasteiger partial charge in [-0.25, -0.2) is 0 Å². The number of halogens is 1. The van der Waals surface area contributed by atoms with E-state index in [9.17, 15) is 9.59 Å². The van der Waals surface area contributed by atoms with Crippen LogP contribution in [-0.4, -0.2) is 23.0 Å². The van der Waals surface area contributed by atoms with E-state index in [4.69, 9.17) is 5.11 Å². The van der Waals surface area contributed by atoms with E-state index in [-0.39, 0.29) is 18.4 Å². The molecule has 0 saturated carbocycles. The Morgan fingerprint density at radius 2 is 2.11 bits per heavy atom. The van der Waals surface area contributed by atoms with Crippen molar-refractivity contribution in [1.82, 2.24) is 5.32 Å². The molecule has 0 aliphatic heterocycles. The van der Waals surface area contributed by atoms with Gasteiger partial charge in [0.25, 0.3) is 5.91 Å². The maximum atomic E-state index is 11.9. The van der Waals surface area contributed by atoms with Crippen LogP contribution in [-0.2, 0) is 4.79 Å². The number of aliphatic carboxylic acids is 1. The van der Waals surface area contributed by atoms with Crippen LogP contribution in [0.2, 0.25) is 0 Å². The van der Waals surface area contributed by atoms with Crippen molar-refractivity contribution in [2.45, 2.75) is 32.7 Å². The molecule has 98 valence electrons. The summed E-state index contributed by atoms with van der Waals surface area (Å²) in [5.41, 5.74) is 1.57. The number of rotatable bonds is 5. The average Bonchev–Trinajstić information content (AvgIpc) is 2.30. The van der Waals surface area contributed by atoms with Crippen LogP contribution in [0.25, 0.3) is 0 Å². The third-order valence-corrected chi connectivity index (χ3v) is 3.48. The van der Waals surface area contributed by atoms with Crippen LogP contribution in [0.3, 0.4) is 0 Å². The van der Waals surface area contributed by atoms with Gasteiger partial charge in [0, 0.05) is 22.5 Å². The van der Waals surface area contributed by atoms with Crippen molar-refractivity contribution in [1.29, 1.82) is 0 Å². The van der Waals surface area contributed by atoms with E-state index in [1.807, 2.05) is 13.0 Å². The SMILES string of the molecule is Cc1cc(C(=O)NC(C)CCC(=O)O)ccc1Br. The van der Waals surface area contributed by atoms with Crippen LogP contribution in [0.15, 0.2) is 22.7 Å². The zero-order valence-electron chi connectivity index (χ0n) is 10.4. The number of carbonyl (C=O) groups excluding carboxylic acids is 1. The highest BCUT2D eigenvalue weighted by Gasteiger charge is 2.11. The predicted molar refractivity (Wildman–Crippen MR) is 72.7 cm³/mol. The van der Waals surface area contributed by atoms with E-state index < -0.39 is 5.97 Å². The second-order valence-corrected chi connectivity index (χ2v) is 5.13. The maximum Gasteiger partial charge on any atom is 0.303 e. The third kappa shape index (κ3) is 4.49. The molecule has 0 spiro atoms. The summed E-state index contributed by atoms with van der Waals surface area (Å²) >= 11 is 3.37. The normalized spacial score (nSPS) is 11.9. The molecule has 0 aliphatic carbocycles. The van der Waals surface area contributed by atoms with E-state index >= 15 is 0 Å². The number of hydrogen-bond acceptors (Lipinski definition) is 2. The predicted octanol–water partition coefficient (Wildman–Crippen LogP) is 2.74. The first-order valence-corrected chi connectivity index (χ1v) is 6.48. The molecule has 1 atom stereocenters. The zero-order chi connectivity index (χ0) is 13.7. The molecular weight excluding hydrogens is 298 g/mol. The molecule has 0 heterocycles. The van der Waals surface area contributed by atoms with Gasteiger partial charge in [0.2, 0.25) is 0 Å². The van der Waals surface area contributed by atoms with E-state index in [0.29, 0.717) is 12.0 Å². The molecule has 0 bridgehead atoms. The fourth-order valence-corrected chi connectivity index (χ4v) is 1.75. The van der Waals surface area contributed by atoms with Gasteiger partial charge in [-0.15, -0.1) is 0 Å². The second-order valence-electron chi connectivity index (χ2n) is 4.27. The van der Waals surface area contributed by atoms with Gasteiger partial charge >= 0.3 is 5.97 Å². The topological polar surface area (TPSA) is 66.4 Å². The summed E-state index contributed by atoms with van der Waals surface area (Å²) in [5, 5.41) is 11.3.